The van der Waals surface area contributed by atoms with Crippen LogP contribution in [0.1, 0.15) is 68.9 Å². The average Bonchev–Trinajstić information content (AvgIpc) is 3.53. The van der Waals surface area contributed by atoms with Crippen LogP contribution in [0.3, 0.4) is 0 Å². The van der Waals surface area contributed by atoms with Crippen LogP contribution in [-0.4, -0.2) is 18.3 Å². The van der Waals surface area contributed by atoms with E-state index in [0.717, 1.165) is 23.4 Å². The van der Waals surface area contributed by atoms with Gasteiger partial charge < -0.3 is 14.0 Å². The standard InChI is InChI=1S/C38H35BO3/c1-35(2)36(3,4)42-39(41-35)27-20-21-33-32(22-27)37(5)24-29-28-18-12-13-19-30(28)38(25-14-8-6-9-15-25,26-16-10-7-11-17-26)31(29)23-34(37)40-33/h6-23H,24H2,1-5H3. The molecular formula is C38H35BO3. The van der Waals surface area contributed by atoms with E-state index in [0.29, 0.717) is 0 Å². The first-order chi connectivity index (χ1) is 20.1. The van der Waals surface area contributed by atoms with Crippen molar-refractivity contribution in [2.75, 3.05) is 0 Å². The van der Waals surface area contributed by atoms with Crippen molar-refractivity contribution in [3.8, 4) is 5.75 Å². The molecular weight excluding hydrogens is 515 g/mol. The molecule has 4 aromatic carbocycles. The lowest BCUT2D eigenvalue weighted by Gasteiger charge is -2.37. The maximum absolute atomic E-state index is 6.73. The van der Waals surface area contributed by atoms with Gasteiger partial charge in [0, 0.05) is 5.56 Å². The summed E-state index contributed by atoms with van der Waals surface area (Å²) in [6, 6.07) is 37.3. The van der Waals surface area contributed by atoms with Gasteiger partial charge in [0.05, 0.1) is 22.0 Å². The van der Waals surface area contributed by atoms with Crippen molar-refractivity contribution < 1.29 is 14.0 Å². The second kappa shape index (κ2) is 8.59. The second-order valence-corrected chi connectivity index (χ2v) is 13.4. The highest BCUT2D eigenvalue weighted by molar-refractivity contribution is 6.62. The van der Waals surface area contributed by atoms with E-state index in [1.165, 1.54) is 39.0 Å². The van der Waals surface area contributed by atoms with Crippen LogP contribution in [0, 0.1) is 0 Å². The highest BCUT2D eigenvalue weighted by Gasteiger charge is 2.55. The molecule has 0 amide bonds. The van der Waals surface area contributed by atoms with Crippen molar-refractivity contribution in [1.82, 2.24) is 0 Å². The minimum absolute atomic E-state index is 0.301. The van der Waals surface area contributed by atoms with Gasteiger partial charge in [0.1, 0.15) is 11.5 Å². The first-order valence-electron chi connectivity index (χ1n) is 15.0. The summed E-state index contributed by atoms with van der Waals surface area (Å²) in [5.74, 6) is 1.93. The Kier molecular flexibility index (Phi) is 5.28. The van der Waals surface area contributed by atoms with Crippen molar-refractivity contribution in [2.24, 2.45) is 0 Å². The summed E-state index contributed by atoms with van der Waals surface area (Å²) in [7, 11) is -0.411. The lowest BCUT2D eigenvalue weighted by atomic mass is 9.64. The van der Waals surface area contributed by atoms with Crippen LogP contribution in [0.2, 0.25) is 0 Å². The first kappa shape index (κ1) is 25.8. The number of benzene rings is 4. The molecule has 3 nitrogen and oxygen atoms in total. The summed E-state index contributed by atoms with van der Waals surface area (Å²) in [5.41, 5.74) is 8.63. The van der Waals surface area contributed by atoms with Crippen molar-refractivity contribution in [3.63, 3.8) is 0 Å². The maximum atomic E-state index is 6.73. The molecule has 1 atom stereocenters. The molecule has 0 saturated carbocycles. The third kappa shape index (κ3) is 3.31. The summed E-state index contributed by atoms with van der Waals surface area (Å²) < 4.78 is 19.6. The summed E-state index contributed by atoms with van der Waals surface area (Å²) in [5, 5.41) is 0. The molecule has 208 valence electrons. The van der Waals surface area contributed by atoms with Gasteiger partial charge in [-0.3, -0.25) is 0 Å². The third-order valence-corrected chi connectivity index (χ3v) is 10.5. The van der Waals surface area contributed by atoms with Crippen molar-refractivity contribution >= 4 is 18.2 Å². The minimum Gasteiger partial charge on any atom is -0.460 e. The Balaban J connectivity index is 1.30. The highest BCUT2D eigenvalue weighted by atomic mass is 16.7. The molecule has 8 rings (SSSR count). The number of ether oxygens (including phenoxy) is 1. The maximum Gasteiger partial charge on any atom is 0.494 e. The molecule has 2 heterocycles. The summed E-state index contributed by atoms with van der Waals surface area (Å²) >= 11 is 0. The van der Waals surface area contributed by atoms with Crippen molar-refractivity contribution in [2.45, 2.75) is 63.1 Å². The van der Waals surface area contributed by atoms with E-state index in [1.54, 1.807) is 0 Å². The molecule has 42 heavy (non-hydrogen) atoms. The summed E-state index contributed by atoms with van der Waals surface area (Å²) in [6.45, 7) is 10.7. The molecule has 1 fully saturated rings. The molecule has 2 aliphatic heterocycles. The number of allylic oxidation sites excluding steroid dienone is 4. The molecule has 0 bridgehead atoms. The van der Waals surface area contributed by atoms with Gasteiger partial charge >= 0.3 is 7.12 Å². The smallest absolute Gasteiger partial charge is 0.460 e. The zero-order valence-corrected chi connectivity index (χ0v) is 24.9. The zero-order valence-electron chi connectivity index (χ0n) is 24.9. The Morgan fingerprint density at radius 1 is 0.643 bits per heavy atom. The Hall–Kier alpha value is -3.86. The lowest BCUT2D eigenvalue weighted by Crippen LogP contribution is -2.41. The van der Waals surface area contributed by atoms with E-state index in [9.17, 15) is 0 Å². The number of hydrogen-bond donors (Lipinski definition) is 0. The third-order valence-electron chi connectivity index (χ3n) is 10.5. The van der Waals surface area contributed by atoms with Gasteiger partial charge in [-0.25, -0.2) is 0 Å². The van der Waals surface area contributed by atoms with Crippen LogP contribution < -0.4 is 10.2 Å². The molecule has 4 aromatic rings. The highest BCUT2D eigenvalue weighted by Crippen LogP contribution is 2.62. The monoisotopic (exact) mass is 550 g/mol. The Labute approximate surface area is 249 Å². The largest absolute Gasteiger partial charge is 0.494 e. The molecule has 1 saturated heterocycles. The predicted octanol–water partition coefficient (Wildman–Crippen LogP) is 7.73. The SMILES string of the molecule is CC12CC3=C(C=C1Oc1ccc(B4OC(C)(C)C(C)(C)O4)cc12)C(c1ccccc1)(c1ccccc1)c1ccccc13. The van der Waals surface area contributed by atoms with Crippen LogP contribution >= 0.6 is 0 Å². The van der Waals surface area contributed by atoms with Crippen molar-refractivity contribution in [1.29, 1.82) is 0 Å². The molecule has 0 aromatic heterocycles. The minimum atomic E-state index is -0.422. The van der Waals surface area contributed by atoms with Crippen LogP contribution in [0.25, 0.3) is 5.57 Å². The fourth-order valence-electron chi connectivity index (χ4n) is 7.55. The molecule has 0 radical (unpaired) electrons. The van der Waals surface area contributed by atoms with Gasteiger partial charge in [0.15, 0.2) is 0 Å². The van der Waals surface area contributed by atoms with E-state index < -0.39 is 23.7 Å². The van der Waals surface area contributed by atoms with Gasteiger partial charge in [0.2, 0.25) is 0 Å². The van der Waals surface area contributed by atoms with Crippen LogP contribution in [0.15, 0.2) is 121 Å². The topological polar surface area (TPSA) is 27.7 Å². The van der Waals surface area contributed by atoms with E-state index in [4.69, 9.17) is 14.0 Å². The lowest BCUT2D eigenvalue weighted by molar-refractivity contribution is 0.00578. The van der Waals surface area contributed by atoms with E-state index >= 15 is 0 Å². The number of hydrogen-bond acceptors (Lipinski definition) is 3. The normalized spacial score (nSPS) is 23.9. The average molecular weight is 551 g/mol. The number of fused-ring (bicyclic) bond motifs is 5. The summed E-state index contributed by atoms with van der Waals surface area (Å²) in [6.07, 6.45) is 3.21. The van der Waals surface area contributed by atoms with Gasteiger partial charge in [-0.2, -0.15) is 0 Å². The zero-order chi connectivity index (χ0) is 28.9. The fourth-order valence-corrected chi connectivity index (χ4v) is 7.55. The second-order valence-electron chi connectivity index (χ2n) is 13.4. The fraction of sp³-hybridized carbons (Fsp3) is 0.263. The Morgan fingerprint density at radius 2 is 1.24 bits per heavy atom. The van der Waals surface area contributed by atoms with Gasteiger partial charge in [-0.05, 0) is 92.0 Å². The van der Waals surface area contributed by atoms with Gasteiger partial charge in [-0.15, -0.1) is 0 Å². The number of rotatable bonds is 3. The van der Waals surface area contributed by atoms with Crippen LogP contribution in [0.5, 0.6) is 5.75 Å². The molecule has 1 unspecified atom stereocenters. The van der Waals surface area contributed by atoms with Crippen LogP contribution in [0.4, 0.5) is 0 Å². The quantitative estimate of drug-likeness (QED) is 0.245. The molecule has 0 N–H and O–H groups in total. The predicted molar refractivity (Wildman–Crippen MR) is 169 cm³/mol. The molecule has 2 aliphatic carbocycles. The Bertz CT molecular complexity index is 1750. The van der Waals surface area contributed by atoms with E-state index in [1.807, 2.05) is 0 Å². The van der Waals surface area contributed by atoms with Crippen molar-refractivity contribution in [3.05, 3.63) is 148 Å². The van der Waals surface area contributed by atoms with Gasteiger partial charge in [-0.1, -0.05) is 97.1 Å². The summed E-state index contributed by atoms with van der Waals surface area (Å²) in [4.78, 5) is 0. The van der Waals surface area contributed by atoms with Crippen LogP contribution in [-0.2, 0) is 20.1 Å². The van der Waals surface area contributed by atoms with E-state index in [-0.39, 0.29) is 5.41 Å². The van der Waals surface area contributed by atoms with E-state index in [2.05, 4.69) is 144 Å². The first-order valence-corrected chi connectivity index (χ1v) is 15.0. The Morgan fingerprint density at radius 3 is 1.88 bits per heavy atom. The molecule has 0 spiro atoms. The molecule has 4 aliphatic rings. The molecule has 4 heteroatoms. The van der Waals surface area contributed by atoms with Gasteiger partial charge in [0.25, 0.3) is 0 Å².